The lowest BCUT2D eigenvalue weighted by molar-refractivity contribution is 0.475. The number of hydrogen-bond acceptors (Lipinski definition) is 4. The maximum atomic E-state index is 9.52. The van der Waals surface area contributed by atoms with Gasteiger partial charge in [0.05, 0.1) is 23.3 Å². The second-order valence-electron chi connectivity index (χ2n) is 4.16. The molecule has 3 N–H and O–H groups in total. The lowest BCUT2D eigenvalue weighted by Crippen LogP contribution is -1.97. The SMILES string of the molecule is Cc1nn(-c2cccc(O)c2)c2ncc(N)cc12. The van der Waals surface area contributed by atoms with Gasteiger partial charge in [-0.15, -0.1) is 0 Å². The van der Waals surface area contributed by atoms with Gasteiger partial charge >= 0.3 is 0 Å². The van der Waals surface area contributed by atoms with E-state index in [1.165, 1.54) is 0 Å². The van der Waals surface area contributed by atoms with Gasteiger partial charge in [0.25, 0.3) is 0 Å². The molecule has 5 nitrogen and oxygen atoms in total. The highest BCUT2D eigenvalue weighted by Gasteiger charge is 2.10. The number of nitrogens with two attached hydrogens (primary N) is 1. The van der Waals surface area contributed by atoms with Gasteiger partial charge < -0.3 is 10.8 Å². The molecule has 3 rings (SSSR count). The van der Waals surface area contributed by atoms with Crippen molar-refractivity contribution >= 4 is 16.7 Å². The number of benzene rings is 1. The third-order valence-electron chi connectivity index (χ3n) is 2.80. The van der Waals surface area contributed by atoms with Gasteiger partial charge in [-0.05, 0) is 25.1 Å². The van der Waals surface area contributed by atoms with Crippen LogP contribution in [0.3, 0.4) is 0 Å². The van der Waals surface area contributed by atoms with E-state index in [4.69, 9.17) is 5.73 Å². The highest BCUT2D eigenvalue weighted by atomic mass is 16.3. The monoisotopic (exact) mass is 240 g/mol. The Kier molecular flexibility index (Phi) is 2.19. The number of aromatic hydroxyl groups is 1. The molecule has 5 heteroatoms. The van der Waals surface area contributed by atoms with E-state index in [2.05, 4.69) is 10.1 Å². The lowest BCUT2D eigenvalue weighted by atomic mass is 10.2. The van der Waals surface area contributed by atoms with Crippen LogP contribution >= 0.6 is 0 Å². The molecule has 0 aliphatic carbocycles. The highest BCUT2D eigenvalue weighted by Crippen LogP contribution is 2.23. The number of phenols is 1. The number of phenolic OH excluding ortho intramolecular Hbond substituents is 1. The van der Waals surface area contributed by atoms with Gasteiger partial charge in [0.2, 0.25) is 0 Å². The number of aromatic nitrogens is 3. The molecule has 0 aliphatic rings. The minimum atomic E-state index is 0.198. The van der Waals surface area contributed by atoms with Crippen LogP contribution in [0.15, 0.2) is 36.5 Å². The van der Waals surface area contributed by atoms with Gasteiger partial charge in [0.1, 0.15) is 5.75 Å². The fraction of sp³-hybridized carbons (Fsp3) is 0.0769. The quantitative estimate of drug-likeness (QED) is 0.682. The van der Waals surface area contributed by atoms with Crippen LogP contribution in [0, 0.1) is 6.92 Å². The zero-order chi connectivity index (χ0) is 12.7. The molecule has 90 valence electrons. The Morgan fingerprint density at radius 2 is 2.11 bits per heavy atom. The molecule has 3 aromatic rings. The Bertz CT molecular complexity index is 733. The fourth-order valence-corrected chi connectivity index (χ4v) is 1.96. The van der Waals surface area contributed by atoms with Crippen molar-refractivity contribution < 1.29 is 5.11 Å². The summed E-state index contributed by atoms with van der Waals surface area (Å²) in [7, 11) is 0. The van der Waals surface area contributed by atoms with Crippen molar-refractivity contribution in [3.8, 4) is 11.4 Å². The van der Waals surface area contributed by atoms with Gasteiger partial charge in [0, 0.05) is 11.5 Å². The van der Waals surface area contributed by atoms with Crippen molar-refractivity contribution in [1.82, 2.24) is 14.8 Å². The summed E-state index contributed by atoms with van der Waals surface area (Å²) in [6.07, 6.45) is 1.60. The summed E-state index contributed by atoms with van der Waals surface area (Å²) in [6.45, 7) is 1.91. The zero-order valence-corrected chi connectivity index (χ0v) is 9.83. The molecule has 2 aromatic heterocycles. The Balaban J connectivity index is 2.30. The van der Waals surface area contributed by atoms with Gasteiger partial charge in [-0.25, -0.2) is 9.67 Å². The Morgan fingerprint density at radius 3 is 2.89 bits per heavy atom. The predicted octanol–water partition coefficient (Wildman–Crippen LogP) is 2.02. The smallest absolute Gasteiger partial charge is 0.163 e. The van der Waals surface area contributed by atoms with Crippen LogP contribution < -0.4 is 5.73 Å². The largest absolute Gasteiger partial charge is 0.508 e. The van der Waals surface area contributed by atoms with Crippen molar-refractivity contribution in [2.75, 3.05) is 5.73 Å². The molecule has 0 fully saturated rings. The van der Waals surface area contributed by atoms with Crippen LogP contribution in [0.4, 0.5) is 5.69 Å². The first-order chi connectivity index (χ1) is 8.65. The predicted molar refractivity (Wildman–Crippen MR) is 69.7 cm³/mol. The van der Waals surface area contributed by atoms with Crippen molar-refractivity contribution in [1.29, 1.82) is 0 Å². The Morgan fingerprint density at radius 1 is 1.28 bits per heavy atom. The lowest BCUT2D eigenvalue weighted by Gasteiger charge is -2.03. The number of nitrogen functional groups attached to an aromatic ring is 1. The van der Waals surface area contributed by atoms with Crippen LogP contribution in [0.5, 0.6) is 5.75 Å². The third-order valence-corrected chi connectivity index (χ3v) is 2.80. The molecule has 0 atom stereocenters. The average Bonchev–Trinajstić information content (AvgIpc) is 2.67. The highest BCUT2D eigenvalue weighted by molar-refractivity contribution is 5.82. The molecular formula is C13H12N4O. The molecule has 18 heavy (non-hydrogen) atoms. The standard InChI is InChI=1S/C13H12N4O/c1-8-12-5-9(14)7-15-13(12)17(16-8)10-3-2-4-11(18)6-10/h2-7,18H,14H2,1H3. The minimum absolute atomic E-state index is 0.198. The van der Waals surface area contributed by atoms with Crippen LogP contribution in [-0.2, 0) is 0 Å². The van der Waals surface area contributed by atoms with Gasteiger partial charge in [-0.2, -0.15) is 5.10 Å². The summed E-state index contributed by atoms with van der Waals surface area (Å²) in [4.78, 5) is 4.30. The van der Waals surface area contributed by atoms with E-state index in [1.807, 2.05) is 19.1 Å². The molecule has 0 unspecified atom stereocenters. The van der Waals surface area contributed by atoms with Crippen LogP contribution in [0.1, 0.15) is 5.69 Å². The van der Waals surface area contributed by atoms with Crippen molar-refractivity contribution in [3.63, 3.8) is 0 Å². The Hall–Kier alpha value is -2.56. The molecule has 1 aromatic carbocycles. The molecule has 0 radical (unpaired) electrons. The summed E-state index contributed by atoms with van der Waals surface area (Å²) in [6, 6.07) is 8.75. The summed E-state index contributed by atoms with van der Waals surface area (Å²) in [5.41, 5.74) is 8.69. The summed E-state index contributed by atoms with van der Waals surface area (Å²) < 4.78 is 1.70. The zero-order valence-electron chi connectivity index (χ0n) is 9.83. The molecule has 0 saturated carbocycles. The number of anilines is 1. The first-order valence-electron chi connectivity index (χ1n) is 5.55. The minimum Gasteiger partial charge on any atom is -0.508 e. The molecular weight excluding hydrogens is 228 g/mol. The van der Waals surface area contributed by atoms with Crippen molar-refractivity contribution in [2.45, 2.75) is 6.92 Å². The summed E-state index contributed by atoms with van der Waals surface area (Å²) in [5, 5.41) is 14.9. The number of aryl methyl sites for hydroxylation is 1. The average molecular weight is 240 g/mol. The van der Waals surface area contributed by atoms with Gasteiger partial charge in [-0.1, -0.05) is 6.07 Å². The molecule has 2 heterocycles. The molecule has 0 amide bonds. The maximum Gasteiger partial charge on any atom is 0.163 e. The van der Waals surface area contributed by atoms with E-state index >= 15 is 0 Å². The number of fused-ring (bicyclic) bond motifs is 1. The summed E-state index contributed by atoms with van der Waals surface area (Å²) in [5.74, 6) is 0.198. The van der Waals surface area contributed by atoms with Gasteiger partial charge in [-0.3, -0.25) is 0 Å². The normalized spacial score (nSPS) is 10.9. The maximum absolute atomic E-state index is 9.52. The first kappa shape index (κ1) is 10.6. The van der Waals surface area contributed by atoms with Crippen molar-refractivity contribution in [3.05, 3.63) is 42.2 Å². The molecule has 0 bridgehead atoms. The third kappa shape index (κ3) is 1.57. The summed E-state index contributed by atoms with van der Waals surface area (Å²) >= 11 is 0. The topological polar surface area (TPSA) is 77.0 Å². The molecule has 0 saturated heterocycles. The van der Waals surface area contributed by atoms with E-state index in [-0.39, 0.29) is 5.75 Å². The number of pyridine rings is 1. The van der Waals surface area contributed by atoms with Crippen molar-refractivity contribution in [2.24, 2.45) is 0 Å². The second-order valence-corrected chi connectivity index (χ2v) is 4.16. The van der Waals surface area contributed by atoms with Crippen LogP contribution in [-0.4, -0.2) is 19.9 Å². The second kappa shape index (κ2) is 3.73. The van der Waals surface area contributed by atoms with E-state index in [0.29, 0.717) is 5.69 Å². The van der Waals surface area contributed by atoms with Gasteiger partial charge in [0.15, 0.2) is 5.65 Å². The van der Waals surface area contributed by atoms with E-state index < -0.39 is 0 Å². The molecule has 0 aliphatic heterocycles. The van der Waals surface area contributed by atoms with Crippen LogP contribution in [0.25, 0.3) is 16.7 Å². The number of nitrogens with zero attached hydrogens (tertiary/aromatic N) is 3. The first-order valence-corrected chi connectivity index (χ1v) is 5.55. The van der Waals surface area contributed by atoms with E-state index in [1.54, 1.807) is 29.1 Å². The molecule has 0 spiro atoms. The van der Waals surface area contributed by atoms with Crippen LogP contribution in [0.2, 0.25) is 0 Å². The fourth-order valence-electron chi connectivity index (χ4n) is 1.96. The van der Waals surface area contributed by atoms with E-state index in [0.717, 1.165) is 22.4 Å². The van der Waals surface area contributed by atoms with E-state index in [9.17, 15) is 5.11 Å². The Labute approximate surface area is 103 Å². The number of rotatable bonds is 1. The number of hydrogen-bond donors (Lipinski definition) is 2.